The van der Waals surface area contributed by atoms with Gasteiger partial charge in [-0.1, -0.05) is 18.2 Å². The van der Waals surface area contributed by atoms with Crippen LogP contribution in [0.4, 0.5) is 10.1 Å². The van der Waals surface area contributed by atoms with Crippen LogP contribution in [0.25, 0.3) is 0 Å². The number of benzene rings is 2. The Morgan fingerprint density at radius 3 is 2.36 bits per heavy atom. The van der Waals surface area contributed by atoms with Crippen molar-refractivity contribution < 1.29 is 22.3 Å². The van der Waals surface area contributed by atoms with Crippen molar-refractivity contribution in [2.24, 2.45) is 0 Å². The first-order chi connectivity index (χ1) is 13.2. The molecule has 0 aliphatic heterocycles. The number of nitrogens with zero attached hydrogens (tertiary/aromatic N) is 2. The predicted octanol–water partition coefficient (Wildman–Crippen LogP) is 1.94. The molecule has 0 spiro atoms. The van der Waals surface area contributed by atoms with E-state index in [9.17, 15) is 17.6 Å². The third-order valence-corrected chi connectivity index (χ3v) is 5.74. The Kier molecular flexibility index (Phi) is 7.36. The van der Waals surface area contributed by atoms with Gasteiger partial charge < -0.3 is 10.1 Å². The lowest BCUT2D eigenvalue weighted by Gasteiger charge is -2.26. The summed E-state index contributed by atoms with van der Waals surface area (Å²) in [4.78, 5) is 12.3. The molecule has 2 rings (SSSR count). The Balaban J connectivity index is 1.98. The smallest absolute Gasteiger partial charge is 0.304 e. The van der Waals surface area contributed by atoms with E-state index in [4.69, 9.17) is 4.74 Å². The molecule has 0 atom stereocenters. The molecule has 0 aromatic heterocycles. The van der Waals surface area contributed by atoms with Crippen LogP contribution in [0.15, 0.2) is 48.5 Å². The van der Waals surface area contributed by atoms with Gasteiger partial charge in [-0.05, 0) is 42.8 Å². The van der Waals surface area contributed by atoms with E-state index in [0.717, 1.165) is 32.1 Å². The number of hydrogen-bond acceptors (Lipinski definition) is 4. The van der Waals surface area contributed by atoms with Crippen LogP contribution in [0.1, 0.15) is 5.56 Å². The Labute approximate surface area is 164 Å². The average molecular weight is 409 g/mol. The largest absolute Gasteiger partial charge is 0.491 e. The number of amides is 1. The maximum atomic E-state index is 13.2. The monoisotopic (exact) mass is 409 g/mol. The highest BCUT2D eigenvalue weighted by Gasteiger charge is 2.27. The van der Waals surface area contributed by atoms with Crippen LogP contribution in [-0.4, -0.2) is 52.4 Å². The fraction of sp³-hybridized carbons (Fsp3) is 0.316. The molecule has 0 fully saturated rings. The lowest BCUT2D eigenvalue weighted by Crippen LogP contribution is -2.46. The second-order valence-electron chi connectivity index (χ2n) is 6.24. The van der Waals surface area contributed by atoms with Crippen LogP contribution >= 0.6 is 0 Å². The molecule has 2 aromatic carbocycles. The van der Waals surface area contributed by atoms with Gasteiger partial charge in [-0.15, -0.1) is 0 Å². The molecule has 0 heterocycles. The molecule has 0 radical (unpaired) electrons. The molecule has 0 unspecified atom stereocenters. The van der Waals surface area contributed by atoms with E-state index >= 15 is 0 Å². The number of carbonyl (C=O) groups excluding carboxylic acids is 1. The normalized spacial score (nSPS) is 11.3. The Bertz CT molecular complexity index is 902. The Morgan fingerprint density at radius 2 is 1.75 bits per heavy atom. The number of ether oxygens (including phenoxy) is 1. The summed E-state index contributed by atoms with van der Waals surface area (Å²) in [5.41, 5.74) is 1.18. The number of hydrogen-bond donors (Lipinski definition) is 1. The molecule has 1 N–H and O–H groups in total. The summed E-state index contributed by atoms with van der Waals surface area (Å²) in [7, 11) is -1.21. The number of halogens is 1. The summed E-state index contributed by atoms with van der Waals surface area (Å²) in [6, 6.07) is 12.4. The van der Waals surface area contributed by atoms with Crippen LogP contribution < -0.4 is 14.4 Å². The SMILES string of the molecule is Cc1ccccc1OCCNC(=O)CN(c1ccc(F)cc1)S(=O)(=O)N(C)C. The van der Waals surface area contributed by atoms with Gasteiger partial charge in [-0.25, -0.2) is 8.70 Å². The lowest BCUT2D eigenvalue weighted by atomic mass is 10.2. The summed E-state index contributed by atoms with van der Waals surface area (Å²) >= 11 is 0. The molecule has 0 aliphatic carbocycles. The first-order valence-electron chi connectivity index (χ1n) is 8.62. The summed E-state index contributed by atoms with van der Waals surface area (Å²) in [6.45, 7) is 1.94. The zero-order chi connectivity index (χ0) is 20.7. The standard InChI is InChI=1S/C19H24FN3O4S/c1-15-6-4-5-7-18(15)27-13-12-21-19(24)14-23(28(25,26)22(2)3)17-10-8-16(20)9-11-17/h4-11H,12-14H2,1-3H3,(H,21,24). The van der Waals surface area contributed by atoms with E-state index in [0.29, 0.717) is 0 Å². The minimum atomic E-state index is -3.93. The van der Waals surface area contributed by atoms with Crippen molar-refractivity contribution in [1.82, 2.24) is 9.62 Å². The summed E-state index contributed by atoms with van der Waals surface area (Å²) < 4.78 is 45.8. The summed E-state index contributed by atoms with van der Waals surface area (Å²) in [5, 5.41) is 2.63. The van der Waals surface area contributed by atoms with Crippen molar-refractivity contribution in [1.29, 1.82) is 0 Å². The van der Waals surface area contributed by atoms with Crippen molar-refractivity contribution in [3.63, 3.8) is 0 Å². The molecule has 152 valence electrons. The summed E-state index contributed by atoms with van der Waals surface area (Å²) in [6.07, 6.45) is 0. The first-order valence-corrected chi connectivity index (χ1v) is 10.0. The molecule has 0 saturated carbocycles. The average Bonchev–Trinajstić information content (AvgIpc) is 2.65. The van der Waals surface area contributed by atoms with E-state index in [2.05, 4.69) is 5.32 Å². The van der Waals surface area contributed by atoms with Crippen LogP contribution in [-0.2, 0) is 15.0 Å². The summed E-state index contributed by atoms with van der Waals surface area (Å²) in [5.74, 6) is -0.272. The molecule has 0 saturated heterocycles. The number of nitrogens with one attached hydrogen (secondary N) is 1. The van der Waals surface area contributed by atoms with Crippen molar-refractivity contribution in [2.75, 3.05) is 38.1 Å². The molecule has 28 heavy (non-hydrogen) atoms. The third-order valence-electron chi connectivity index (χ3n) is 3.92. The van der Waals surface area contributed by atoms with E-state index < -0.39 is 28.5 Å². The lowest BCUT2D eigenvalue weighted by molar-refractivity contribution is -0.119. The maximum Gasteiger partial charge on any atom is 0.304 e. The minimum Gasteiger partial charge on any atom is -0.491 e. The van der Waals surface area contributed by atoms with Crippen molar-refractivity contribution in [3.8, 4) is 5.75 Å². The van der Waals surface area contributed by atoms with Gasteiger partial charge in [0.1, 0.15) is 24.7 Å². The van der Waals surface area contributed by atoms with Gasteiger partial charge in [-0.2, -0.15) is 12.7 Å². The molecule has 7 nitrogen and oxygen atoms in total. The first kappa shape index (κ1) is 21.6. The molecular weight excluding hydrogens is 385 g/mol. The zero-order valence-corrected chi connectivity index (χ0v) is 16.9. The van der Waals surface area contributed by atoms with E-state index in [1.165, 1.54) is 26.2 Å². The van der Waals surface area contributed by atoms with Crippen molar-refractivity contribution >= 4 is 21.8 Å². The highest BCUT2D eigenvalue weighted by Crippen LogP contribution is 2.19. The van der Waals surface area contributed by atoms with Gasteiger partial charge in [0.05, 0.1) is 12.2 Å². The highest BCUT2D eigenvalue weighted by molar-refractivity contribution is 7.90. The zero-order valence-electron chi connectivity index (χ0n) is 16.1. The van der Waals surface area contributed by atoms with Crippen molar-refractivity contribution in [2.45, 2.75) is 6.92 Å². The molecule has 9 heteroatoms. The van der Waals surface area contributed by atoms with E-state index in [1.807, 2.05) is 31.2 Å². The molecule has 0 aliphatic rings. The molecular formula is C19H24FN3O4S. The van der Waals surface area contributed by atoms with E-state index in [-0.39, 0.29) is 18.8 Å². The number of aryl methyl sites for hydroxylation is 1. The minimum absolute atomic E-state index is 0.196. The van der Waals surface area contributed by atoms with Gasteiger partial charge in [-0.3, -0.25) is 4.79 Å². The molecule has 0 bridgehead atoms. The van der Waals surface area contributed by atoms with Gasteiger partial charge in [0.2, 0.25) is 5.91 Å². The number of rotatable bonds is 9. The van der Waals surface area contributed by atoms with Gasteiger partial charge >= 0.3 is 10.2 Å². The fourth-order valence-electron chi connectivity index (χ4n) is 2.37. The van der Waals surface area contributed by atoms with E-state index in [1.54, 1.807) is 0 Å². The molecule has 1 amide bonds. The van der Waals surface area contributed by atoms with Gasteiger partial charge in [0, 0.05) is 14.1 Å². The Hall–Kier alpha value is -2.65. The number of para-hydroxylation sites is 1. The fourth-order valence-corrected chi connectivity index (χ4v) is 3.43. The van der Waals surface area contributed by atoms with Crippen LogP contribution in [0.2, 0.25) is 0 Å². The number of anilines is 1. The van der Waals surface area contributed by atoms with Crippen LogP contribution in [0, 0.1) is 12.7 Å². The predicted molar refractivity (Wildman–Crippen MR) is 106 cm³/mol. The quantitative estimate of drug-likeness (QED) is 0.642. The maximum absolute atomic E-state index is 13.2. The van der Waals surface area contributed by atoms with Crippen LogP contribution in [0.5, 0.6) is 5.75 Å². The van der Waals surface area contributed by atoms with Crippen LogP contribution in [0.3, 0.4) is 0 Å². The third kappa shape index (κ3) is 5.67. The van der Waals surface area contributed by atoms with Crippen molar-refractivity contribution in [3.05, 3.63) is 59.9 Å². The van der Waals surface area contributed by atoms with Gasteiger partial charge in [0.25, 0.3) is 0 Å². The molecule has 2 aromatic rings. The number of carbonyl (C=O) groups is 1. The second-order valence-corrected chi connectivity index (χ2v) is 8.30. The van der Waals surface area contributed by atoms with Gasteiger partial charge in [0.15, 0.2) is 0 Å². The highest BCUT2D eigenvalue weighted by atomic mass is 32.2. The second kappa shape index (κ2) is 9.52. The topological polar surface area (TPSA) is 79.0 Å². The Morgan fingerprint density at radius 1 is 1.11 bits per heavy atom.